The number of nitrogens with zero attached hydrogens (tertiary/aromatic N) is 4. The third-order valence-corrected chi connectivity index (χ3v) is 1.63. The van der Waals surface area contributed by atoms with Gasteiger partial charge in [-0.05, 0) is 19.1 Å². The van der Waals surface area contributed by atoms with Crippen molar-refractivity contribution in [3.63, 3.8) is 0 Å². The molecule has 72 valence electrons. The summed E-state index contributed by atoms with van der Waals surface area (Å²) in [5.74, 6) is 0.662. The van der Waals surface area contributed by atoms with E-state index < -0.39 is 0 Å². The van der Waals surface area contributed by atoms with Gasteiger partial charge in [0.15, 0.2) is 0 Å². The van der Waals surface area contributed by atoms with Gasteiger partial charge in [-0.2, -0.15) is 10.4 Å². The number of fused-ring (bicyclic) bond motifs is 1. The number of hydrogen-bond donors (Lipinski definition) is 0. The van der Waals surface area contributed by atoms with Crippen LogP contribution in [0.2, 0.25) is 0 Å². The molecule has 0 radical (unpaired) electrons. The van der Waals surface area contributed by atoms with E-state index in [0.29, 0.717) is 11.5 Å². The van der Waals surface area contributed by atoms with Crippen molar-refractivity contribution in [2.45, 2.75) is 20.8 Å². The second-order valence-electron chi connectivity index (χ2n) is 2.47. The van der Waals surface area contributed by atoms with Gasteiger partial charge in [-0.3, -0.25) is 0 Å². The van der Waals surface area contributed by atoms with Crippen molar-refractivity contribution in [3.05, 3.63) is 29.8 Å². The van der Waals surface area contributed by atoms with Crippen molar-refractivity contribution in [2.75, 3.05) is 0 Å². The van der Waals surface area contributed by atoms with Crippen LogP contribution < -0.4 is 0 Å². The van der Waals surface area contributed by atoms with Crippen LogP contribution in [0.3, 0.4) is 0 Å². The Morgan fingerprint density at radius 1 is 1.36 bits per heavy atom. The lowest BCUT2D eigenvalue weighted by atomic mass is 10.5. The summed E-state index contributed by atoms with van der Waals surface area (Å²) in [7, 11) is 0. The molecule has 4 nitrogen and oxygen atoms in total. The Morgan fingerprint density at radius 2 is 2.07 bits per heavy atom. The van der Waals surface area contributed by atoms with E-state index >= 15 is 0 Å². The SMILES string of the molecule is CC.Cc1ncc2ccc(C#N)n2n1. The van der Waals surface area contributed by atoms with Gasteiger partial charge in [-0.25, -0.2) is 9.50 Å². The summed E-state index contributed by atoms with van der Waals surface area (Å²) in [4.78, 5) is 4.01. The van der Waals surface area contributed by atoms with Crippen molar-refractivity contribution in [1.29, 1.82) is 5.26 Å². The van der Waals surface area contributed by atoms with Crippen molar-refractivity contribution in [1.82, 2.24) is 14.6 Å². The first-order valence-corrected chi connectivity index (χ1v) is 4.53. The van der Waals surface area contributed by atoms with E-state index in [0.717, 1.165) is 5.52 Å². The predicted molar refractivity (Wildman–Crippen MR) is 53.8 cm³/mol. The molecule has 4 heteroatoms. The lowest BCUT2D eigenvalue weighted by Gasteiger charge is -1.94. The molecular formula is C10H12N4. The average Bonchev–Trinajstić information content (AvgIpc) is 2.63. The normalized spacial score (nSPS) is 9.00. The molecule has 0 aliphatic heterocycles. The number of aryl methyl sites for hydroxylation is 1. The second kappa shape index (κ2) is 4.38. The van der Waals surface area contributed by atoms with Gasteiger partial charge in [-0.1, -0.05) is 13.8 Å². The molecule has 0 saturated heterocycles. The van der Waals surface area contributed by atoms with Gasteiger partial charge in [0, 0.05) is 0 Å². The van der Waals surface area contributed by atoms with Crippen molar-refractivity contribution in [2.24, 2.45) is 0 Å². The largest absolute Gasteiger partial charge is 0.238 e. The zero-order valence-electron chi connectivity index (χ0n) is 8.52. The van der Waals surface area contributed by atoms with Gasteiger partial charge >= 0.3 is 0 Å². The number of rotatable bonds is 0. The van der Waals surface area contributed by atoms with Crippen LogP contribution in [0, 0.1) is 18.3 Å². The Hall–Kier alpha value is -1.89. The van der Waals surface area contributed by atoms with Crippen molar-refractivity contribution < 1.29 is 0 Å². The van der Waals surface area contributed by atoms with E-state index in [1.807, 2.05) is 26.0 Å². The monoisotopic (exact) mass is 188 g/mol. The van der Waals surface area contributed by atoms with Crippen LogP contribution in [0.5, 0.6) is 0 Å². The maximum Gasteiger partial charge on any atom is 0.146 e. The maximum atomic E-state index is 8.68. The summed E-state index contributed by atoms with van der Waals surface area (Å²) in [6, 6.07) is 5.59. The van der Waals surface area contributed by atoms with E-state index in [1.165, 1.54) is 0 Å². The molecule has 0 fully saturated rings. The molecule has 0 bridgehead atoms. The third kappa shape index (κ3) is 1.72. The average molecular weight is 188 g/mol. The smallest absolute Gasteiger partial charge is 0.146 e. The van der Waals surface area contributed by atoms with E-state index in [4.69, 9.17) is 5.26 Å². The van der Waals surface area contributed by atoms with Crippen LogP contribution in [0.15, 0.2) is 18.3 Å². The van der Waals surface area contributed by atoms with Gasteiger partial charge in [0.1, 0.15) is 17.6 Å². The van der Waals surface area contributed by atoms with Crippen molar-refractivity contribution in [3.8, 4) is 6.07 Å². The minimum absolute atomic E-state index is 0.538. The first-order valence-electron chi connectivity index (χ1n) is 4.53. The molecular weight excluding hydrogens is 176 g/mol. The number of hydrogen-bond acceptors (Lipinski definition) is 3. The van der Waals surface area contributed by atoms with Gasteiger partial charge in [-0.15, -0.1) is 0 Å². The fourth-order valence-electron chi connectivity index (χ4n) is 1.07. The molecule has 0 aliphatic carbocycles. The highest BCUT2D eigenvalue weighted by molar-refractivity contribution is 5.48. The highest BCUT2D eigenvalue weighted by Gasteiger charge is 2.00. The zero-order chi connectivity index (χ0) is 10.6. The Balaban J connectivity index is 0.000000461. The molecule has 0 unspecified atom stereocenters. The first kappa shape index (κ1) is 10.2. The Bertz CT molecular complexity index is 464. The predicted octanol–water partition coefficient (Wildman–Crippen LogP) is 1.94. The van der Waals surface area contributed by atoms with Gasteiger partial charge in [0.25, 0.3) is 0 Å². The summed E-state index contributed by atoms with van der Waals surface area (Å²) >= 11 is 0. The lowest BCUT2D eigenvalue weighted by Crippen LogP contribution is -1.98. The third-order valence-electron chi connectivity index (χ3n) is 1.63. The molecule has 0 atom stereocenters. The second-order valence-corrected chi connectivity index (χ2v) is 2.47. The summed E-state index contributed by atoms with van der Waals surface area (Å²) < 4.78 is 1.59. The molecule has 0 amide bonds. The minimum atomic E-state index is 0.538. The fourth-order valence-corrected chi connectivity index (χ4v) is 1.07. The fraction of sp³-hybridized carbons (Fsp3) is 0.300. The Labute approximate surface area is 82.8 Å². The molecule has 2 heterocycles. The quantitative estimate of drug-likeness (QED) is 0.634. The van der Waals surface area contributed by atoms with Crippen LogP contribution in [0.4, 0.5) is 0 Å². The number of nitriles is 1. The summed E-state index contributed by atoms with van der Waals surface area (Å²) in [6.45, 7) is 5.79. The molecule has 2 aromatic rings. The molecule has 2 aromatic heterocycles. The van der Waals surface area contributed by atoms with Crippen LogP contribution in [-0.2, 0) is 0 Å². The minimum Gasteiger partial charge on any atom is -0.238 e. The van der Waals surface area contributed by atoms with Crippen LogP contribution in [0.25, 0.3) is 5.52 Å². The summed E-state index contributed by atoms with van der Waals surface area (Å²) in [5.41, 5.74) is 1.38. The van der Waals surface area contributed by atoms with Gasteiger partial charge in [0.2, 0.25) is 0 Å². The van der Waals surface area contributed by atoms with Gasteiger partial charge in [0.05, 0.1) is 11.7 Å². The zero-order valence-corrected chi connectivity index (χ0v) is 8.52. The van der Waals surface area contributed by atoms with Crippen LogP contribution >= 0.6 is 0 Å². The van der Waals surface area contributed by atoms with E-state index in [-0.39, 0.29) is 0 Å². The van der Waals surface area contributed by atoms with Crippen LogP contribution in [0.1, 0.15) is 25.4 Å². The van der Waals surface area contributed by atoms with Crippen LogP contribution in [-0.4, -0.2) is 14.6 Å². The van der Waals surface area contributed by atoms with Gasteiger partial charge < -0.3 is 0 Å². The Morgan fingerprint density at radius 3 is 2.71 bits per heavy atom. The molecule has 0 aromatic carbocycles. The van der Waals surface area contributed by atoms with E-state index in [1.54, 1.807) is 23.7 Å². The molecule has 0 aliphatic rings. The first-order chi connectivity index (χ1) is 6.81. The number of aromatic nitrogens is 3. The molecule has 14 heavy (non-hydrogen) atoms. The standard InChI is InChI=1S/C8H6N4.C2H6/c1-6-10-5-8-3-2-7(4-9)12(8)11-6;1-2/h2-3,5H,1H3;1-2H3. The lowest BCUT2D eigenvalue weighted by molar-refractivity contribution is 0.846. The Kier molecular flexibility index (Phi) is 3.19. The molecule has 0 saturated carbocycles. The molecule has 0 spiro atoms. The topological polar surface area (TPSA) is 54.0 Å². The molecule has 2 rings (SSSR count). The maximum absolute atomic E-state index is 8.68. The highest BCUT2D eigenvalue weighted by Crippen LogP contribution is 2.05. The van der Waals surface area contributed by atoms with E-state index in [2.05, 4.69) is 10.1 Å². The summed E-state index contributed by atoms with van der Waals surface area (Å²) in [6.07, 6.45) is 1.70. The van der Waals surface area contributed by atoms with E-state index in [9.17, 15) is 0 Å². The summed E-state index contributed by atoms with van der Waals surface area (Å²) in [5, 5.41) is 12.8. The highest BCUT2D eigenvalue weighted by atomic mass is 15.2. The molecule has 0 N–H and O–H groups in total. The van der Waals surface area contributed by atoms with Crippen molar-refractivity contribution >= 4 is 5.52 Å².